The van der Waals surface area contributed by atoms with Crippen LogP contribution in [0, 0.1) is 0 Å². The van der Waals surface area contributed by atoms with Crippen LogP contribution in [0.3, 0.4) is 0 Å². The van der Waals surface area contributed by atoms with Gasteiger partial charge in [-0.2, -0.15) is 4.31 Å². The van der Waals surface area contributed by atoms with Gasteiger partial charge in [0.15, 0.2) is 0 Å². The minimum Gasteiger partial charge on any atom is -0.480 e. The summed E-state index contributed by atoms with van der Waals surface area (Å²) in [6.07, 6.45) is 1.25. The number of carbonyl (C=O) groups is 1. The van der Waals surface area contributed by atoms with Gasteiger partial charge in [-0.3, -0.25) is 4.79 Å². The Morgan fingerprint density at radius 3 is 2.42 bits per heavy atom. The summed E-state index contributed by atoms with van der Waals surface area (Å²) in [6.45, 7) is 1.51. The van der Waals surface area contributed by atoms with Gasteiger partial charge in [-0.15, -0.1) is 0 Å². The molecule has 1 atom stereocenters. The van der Waals surface area contributed by atoms with Crippen LogP contribution in [0.4, 0.5) is 0 Å². The quantitative estimate of drug-likeness (QED) is 0.857. The lowest BCUT2D eigenvalue weighted by atomic mass is 10.2. The molecule has 1 fully saturated rings. The predicted molar refractivity (Wildman–Crippen MR) is 71.0 cm³/mol. The van der Waals surface area contributed by atoms with Crippen LogP contribution in [0.15, 0.2) is 30.3 Å². The normalized spacial score (nSPS) is 17.4. The van der Waals surface area contributed by atoms with Crippen molar-refractivity contribution in [2.24, 2.45) is 0 Å². The summed E-state index contributed by atoms with van der Waals surface area (Å²) in [7, 11) is -3.52. The van der Waals surface area contributed by atoms with Crippen molar-refractivity contribution in [2.45, 2.75) is 37.6 Å². The van der Waals surface area contributed by atoms with E-state index in [4.69, 9.17) is 5.11 Å². The van der Waals surface area contributed by atoms with Crippen LogP contribution in [0.25, 0.3) is 0 Å². The van der Waals surface area contributed by atoms with Gasteiger partial charge < -0.3 is 5.11 Å². The van der Waals surface area contributed by atoms with E-state index in [0.29, 0.717) is 12.8 Å². The second kappa shape index (κ2) is 5.30. The molecule has 1 aromatic carbocycles. The number of sulfonamides is 1. The van der Waals surface area contributed by atoms with E-state index >= 15 is 0 Å². The summed E-state index contributed by atoms with van der Waals surface area (Å²) >= 11 is 0. The third-order valence-corrected chi connectivity index (χ3v) is 5.66. The highest BCUT2D eigenvalue weighted by atomic mass is 32.2. The fourth-order valence-corrected chi connectivity index (χ4v) is 3.87. The second-order valence-electron chi connectivity index (χ2n) is 4.79. The van der Waals surface area contributed by atoms with Crippen molar-refractivity contribution in [3.63, 3.8) is 0 Å². The number of benzene rings is 1. The van der Waals surface area contributed by atoms with E-state index in [1.807, 2.05) is 18.2 Å². The van der Waals surface area contributed by atoms with Crippen LogP contribution in [0.5, 0.6) is 0 Å². The molecule has 0 spiro atoms. The van der Waals surface area contributed by atoms with Gasteiger partial charge in [0.05, 0.1) is 5.25 Å². The van der Waals surface area contributed by atoms with E-state index in [-0.39, 0.29) is 6.54 Å². The molecule has 0 bridgehead atoms. The van der Waals surface area contributed by atoms with E-state index in [2.05, 4.69) is 0 Å². The molecule has 0 aromatic heterocycles. The first-order valence-corrected chi connectivity index (χ1v) is 7.70. The lowest BCUT2D eigenvalue weighted by Gasteiger charge is -2.25. The van der Waals surface area contributed by atoms with Crippen molar-refractivity contribution >= 4 is 16.0 Å². The van der Waals surface area contributed by atoms with Gasteiger partial charge in [0.25, 0.3) is 0 Å². The van der Waals surface area contributed by atoms with Crippen LogP contribution in [-0.4, -0.2) is 35.1 Å². The van der Waals surface area contributed by atoms with Crippen LogP contribution in [0.2, 0.25) is 0 Å². The van der Waals surface area contributed by atoms with E-state index in [1.165, 1.54) is 6.92 Å². The molecular weight excluding hydrogens is 266 g/mol. The summed E-state index contributed by atoms with van der Waals surface area (Å²) in [4.78, 5) is 11.1. The molecular formula is C13H17NO4S. The maximum Gasteiger partial charge on any atom is 0.321 e. The van der Waals surface area contributed by atoms with Crippen molar-refractivity contribution in [3.8, 4) is 0 Å². The first-order valence-electron chi connectivity index (χ1n) is 6.20. The molecule has 1 aliphatic carbocycles. The summed E-state index contributed by atoms with van der Waals surface area (Å²) in [5.41, 5.74) is 0.792. The number of carboxylic acids is 1. The molecule has 1 N–H and O–H groups in total. The van der Waals surface area contributed by atoms with Crippen LogP contribution < -0.4 is 0 Å². The van der Waals surface area contributed by atoms with Crippen LogP contribution in [-0.2, 0) is 21.4 Å². The Hall–Kier alpha value is -1.40. The number of rotatable bonds is 6. The van der Waals surface area contributed by atoms with Crippen LogP contribution >= 0.6 is 0 Å². The zero-order valence-electron chi connectivity index (χ0n) is 10.7. The number of aliphatic carboxylic acids is 1. The second-order valence-corrected chi connectivity index (χ2v) is 6.95. The average Bonchev–Trinajstić information content (AvgIpc) is 3.20. The average molecular weight is 283 g/mol. The van der Waals surface area contributed by atoms with Crippen molar-refractivity contribution < 1.29 is 18.3 Å². The zero-order chi connectivity index (χ0) is 14.0. The molecule has 1 aliphatic rings. The topological polar surface area (TPSA) is 74.7 Å². The molecule has 104 valence electrons. The Balaban J connectivity index is 2.27. The van der Waals surface area contributed by atoms with Crippen molar-refractivity contribution in [1.29, 1.82) is 0 Å². The number of carboxylic acid groups (broad SMARTS) is 1. The smallest absolute Gasteiger partial charge is 0.321 e. The molecule has 19 heavy (non-hydrogen) atoms. The Bertz CT molecular complexity index is 551. The predicted octanol–water partition coefficient (Wildman–Crippen LogP) is 1.45. The maximum absolute atomic E-state index is 12.3. The molecule has 0 heterocycles. The molecule has 1 aromatic rings. The highest BCUT2D eigenvalue weighted by molar-refractivity contribution is 7.90. The lowest BCUT2D eigenvalue weighted by molar-refractivity contribution is -0.141. The van der Waals surface area contributed by atoms with E-state index < -0.39 is 27.3 Å². The van der Waals surface area contributed by atoms with Crippen molar-refractivity contribution in [1.82, 2.24) is 4.31 Å². The SMILES string of the molecule is CC(C(=O)O)N(Cc1ccccc1)S(=O)(=O)C1CC1. The standard InChI is InChI=1S/C13H17NO4S/c1-10(13(15)16)14(19(17,18)12-7-8-12)9-11-5-3-2-4-6-11/h2-6,10,12H,7-9H2,1H3,(H,15,16). The molecule has 1 unspecified atom stereocenters. The molecule has 0 radical (unpaired) electrons. The zero-order valence-corrected chi connectivity index (χ0v) is 11.5. The summed E-state index contributed by atoms with van der Waals surface area (Å²) in [5.74, 6) is -1.12. The third kappa shape index (κ3) is 3.13. The first kappa shape index (κ1) is 14.0. The van der Waals surface area contributed by atoms with E-state index in [1.54, 1.807) is 12.1 Å². The Kier molecular flexibility index (Phi) is 3.91. The molecule has 0 aliphatic heterocycles. The molecule has 5 nitrogen and oxygen atoms in total. The van der Waals surface area contributed by atoms with Gasteiger partial charge >= 0.3 is 5.97 Å². The lowest BCUT2D eigenvalue weighted by Crippen LogP contribution is -2.44. The van der Waals surface area contributed by atoms with E-state index in [9.17, 15) is 13.2 Å². The molecule has 2 rings (SSSR count). The van der Waals surface area contributed by atoms with Crippen molar-refractivity contribution in [3.05, 3.63) is 35.9 Å². The highest BCUT2D eigenvalue weighted by Gasteiger charge is 2.43. The third-order valence-electron chi connectivity index (χ3n) is 3.24. The summed E-state index contributed by atoms with van der Waals surface area (Å²) < 4.78 is 25.7. The van der Waals surface area contributed by atoms with E-state index in [0.717, 1.165) is 9.87 Å². The maximum atomic E-state index is 12.3. The first-order chi connectivity index (χ1) is 8.93. The number of hydrogen-bond donors (Lipinski definition) is 1. The van der Waals surface area contributed by atoms with Crippen molar-refractivity contribution in [2.75, 3.05) is 0 Å². The molecule has 1 saturated carbocycles. The van der Waals surface area contributed by atoms with Gasteiger partial charge in [-0.05, 0) is 25.3 Å². The summed E-state index contributed by atoms with van der Waals surface area (Å²) in [6, 6.07) is 7.99. The van der Waals surface area contributed by atoms with Gasteiger partial charge in [0.1, 0.15) is 6.04 Å². The Labute approximate surface area is 112 Å². The molecule has 6 heteroatoms. The number of hydrogen-bond acceptors (Lipinski definition) is 3. The van der Waals surface area contributed by atoms with Gasteiger partial charge in [0, 0.05) is 6.54 Å². The monoisotopic (exact) mass is 283 g/mol. The largest absolute Gasteiger partial charge is 0.480 e. The molecule has 0 saturated heterocycles. The van der Waals surface area contributed by atoms with Crippen LogP contribution in [0.1, 0.15) is 25.3 Å². The Morgan fingerprint density at radius 1 is 1.37 bits per heavy atom. The Morgan fingerprint density at radius 2 is 1.95 bits per heavy atom. The van der Waals surface area contributed by atoms with Gasteiger partial charge in [-0.25, -0.2) is 8.42 Å². The summed E-state index contributed by atoms with van der Waals surface area (Å²) in [5, 5.41) is 8.69. The minimum absolute atomic E-state index is 0.104. The minimum atomic E-state index is -3.52. The fraction of sp³-hybridized carbons (Fsp3) is 0.462. The highest BCUT2D eigenvalue weighted by Crippen LogP contribution is 2.32. The van der Waals surface area contributed by atoms with Gasteiger partial charge in [0.2, 0.25) is 10.0 Å². The molecule has 0 amide bonds. The van der Waals surface area contributed by atoms with Gasteiger partial charge in [-0.1, -0.05) is 30.3 Å². The fourth-order valence-electron chi connectivity index (χ4n) is 1.89. The number of nitrogens with zero attached hydrogens (tertiary/aromatic N) is 1.